The summed E-state index contributed by atoms with van der Waals surface area (Å²) in [5, 5.41) is 16.9. The van der Waals surface area contributed by atoms with Gasteiger partial charge in [0.2, 0.25) is 5.91 Å². The summed E-state index contributed by atoms with van der Waals surface area (Å²) in [6, 6.07) is 9.63. The fourth-order valence-electron chi connectivity index (χ4n) is 2.05. The fourth-order valence-corrected chi connectivity index (χ4v) is 2.31. The zero-order chi connectivity index (χ0) is 17.7. The van der Waals surface area contributed by atoms with Gasteiger partial charge in [0, 0.05) is 11.8 Å². The maximum Gasteiger partial charge on any atom is 0.293 e. The van der Waals surface area contributed by atoms with Gasteiger partial charge >= 0.3 is 0 Å². The molecule has 0 saturated carbocycles. The minimum absolute atomic E-state index is 0.0618. The molecule has 2 rings (SSSR count). The fraction of sp³-hybridized carbons (Fsp3) is 0.188. The Labute approximate surface area is 143 Å². The Morgan fingerprint density at radius 3 is 2.67 bits per heavy atom. The van der Waals surface area contributed by atoms with Crippen LogP contribution in [0.3, 0.4) is 0 Å². The van der Waals surface area contributed by atoms with Gasteiger partial charge in [-0.3, -0.25) is 14.9 Å². The number of aryl methyl sites for hydroxylation is 1. The van der Waals surface area contributed by atoms with E-state index in [1.807, 2.05) is 0 Å². The predicted octanol–water partition coefficient (Wildman–Crippen LogP) is 3.62. The third-order valence-corrected chi connectivity index (χ3v) is 3.52. The first-order valence-corrected chi connectivity index (χ1v) is 7.41. The van der Waals surface area contributed by atoms with Crippen molar-refractivity contribution in [2.75, 3.05) is 24.3 Å². The SMILES string of the molecule is COc1ccc(NCC(=O)Nc2ccc(C)cc2[N+](=O)[O-])cc1Cl. The van der Waals surface area contributed by atoms with Crippen molar-refractivity contribution in [3.8, 4) is 5.75 Å². The number of nitro groups is 1. The molecule has 0 spiro atoms. The molecule has 126 valence electrons. The van der Waals surface area contributed by atoms with E-state index < -0.39 is 10.8 Å². The molecule has 2 aromatic carbocycles. The maximum absolute atomic E-state index is 12.0. The van der Waals surface area contributed by atoms with Crippen LogP contribution < -0.4 is 15.4 Å². The van der Waals surface area contributed by atoms with Gasteiger partial charge in [-0.15, -0.1) is 0 Å². The number of amides is 1. The van der Waals surface area contributed by atoms with Gasteiger partial charge in [-0.2, -0.15) is 0 Å². The molecule has 2 aromatic rings. The quantitative estimate of drug-likeness (QED) is 0.613. The van der Waals surface area contributed by atoms with Crippen molar-refractivity contribution in [2.24, 2.45) is 0 Å². The number of ether oxygens (including phenoxy) is 1. The minimum Gasteiger partial charge on any atom is -0.495 e. The summed E-state index contributed by atoms with van der Waals surface area (Å²) in [5.74, 6) is 0.121. The number of nitrogens with one attached hydrogen (secondary N) is 2. The van der Waals surface area contributed by atoms with Crippen LogP contribution >= 0.6 is 11.6 Å². The first kappa shape index (κ1) is 17.6. The summed E-state index contributed by atoms with van der Waals surface area (Å²) < 4.78 is 5.05. The van der Waals surface area contributed by atoms with Crippen molar-refractivity contribution in [1.29, 1.82) is 0 Å². The second-order valence-corrected chi connectivity index (χ2v) is 5.44. The van der Waals surface area contributed by atoms with Gasteiger partial charge in [-0.05, 0) is 36.8 Å². The lowest BCUT2D eigenvalue weighted by molar-refractivity contribution is -0.384. The third-order valence-electron chi connectivity index (χ3n) is 3.23. The molecule has 0 aromatic heterocycles. The molecule has 1 amide bonds. The summed E-state index contributed by atoms with van der Waals surface area (Å²) in [4.78, 5) is 22.5. The van der Waals surface area contributed by atoms with Crippen LogP contribution in [-0.2, 0) is 4.79 Å². The standard InChI is InChI=1S/C16H16ClN3O4/c1-10-3-5-13(14(7-10)20(22)23)19-16(21)9-18-11-4-6-15(24-2)12(17)8-11/h3-8,18H,9H2,1-2H3,(H,19,21). The Bertz CT molecular complexity index is 780. The second-order valence-electron chi connectivity index (χ2n) is 5.03. The number of nitro benzene ring substituents is 1. The number of nitrogens with zero attached hydrogens (tertiary/aromatic N) is 1. The largest absolute Gasteiger partial charge is 0.495 e. The number of anilines is 2. The molecule has 0 heterocycles. The first-order valence-electron chi connectivity index (χ1n) is 7.03. The average molecular weight is 350 g/mol. The number of hydrogen-bond donors (Lipinski definition) is 2. The molecule has 0 unspecified atom stereocenters. The highest BCUT2D eigenvalue weighted by Gasteiger charge is 2.15. The highest BCUT2D eigenvalue weighted by atomic mass is 35.5. The minimum atomic E-state index is -0.528. The summed E-state index contributed by atoms with van der Waals surface area (Å²) in [6.45, 7) is 1.68. The highest BCUT2D eigenvalue weighted by molar-refractivity contribution is 6.32. The van der Waals surface area contributed by atoms with Crippen LogP contribution in [0.25, 0.3) is 0 Å². The highest BCUT2D eigenvalue weighted by Crippen LogP contribution is 2.27. The lowest BCUT2D eigenvalue weighted by atomic mass is 10.2. The molecule has 24 heavy (non-hydrogen) atoms. The van der Waals surface area contributed by atoms with E-state index in [-0.39, 0.29) is 17.9 Å². The Balaban J connectivity index is 2.01. The second kappa shape index (κ2) is 7.65. The monoisotopic (exact) mass is 349 g/mol. The lowest BCUT2D eigenvalue weighted by Crippen LogP contribution is -2.22. The van der Waals surface area contributed by atoms with E-state index in [0.29, 0.717) is 16.5 Å². The Morgan fingerprint density at radius 2 is 2.04 bits per heavy atom. The zero-order valence-corrected chi connectivity index (χ0v) is 13.9. The summed E-state index contributed by atoms with van der Waals surface area (Å²) in [5.41, 5.74) is 1.39. The summed E-state index contributed by atoms with van der Waals surface area (Å²) in [6.07, 6.45) is 0. The summed E-state index contributed by atoms with van der Waals surface area (Å²) in [7, 11) is 1.51. The van der Waals surface area contributed by atoms with Crippen molar-refractivity contribution in [3.63, 3.8) is 0 Å². The van der Waals surface area contributed by atoms with Crippen LogP contribution in [0.1, 0.15) is 5.56 Å². The van der Waals surface area contributed by atoms with Gasteiger partial charge in [0.25, 0.3) is 5.69 Å². The van der Waals surface area contributed by atoms with E-state index in [9.17, 15) is 14.9 Å². The van der Waals surface area contributed by atoms with E-state index in [1.54, 1.807) is 31.2 Å². The van der Waals surface area contributed by atoms with Gasteiger partial charge in [-0.1, -0.05) is 17.7 Å². The van der Waals surface area contributed by atoms with E-state index in [2.05, 4.69) is 10.6 Å². The molecule has 0 radical (unpaired) electrons. The van der Waals surface area contributed by atoms with Crippen molar-refractivity contribution in [3.05, 3.63) is 57.1 Å². The van der Waals surface area contributed by atoms with Crippen molar-refractivity contribution in [1.82, 2.24) is 0 Å². The Kier molecular flexibility index (Phi) is 5.59. The topological polar surface area (TPSA) is 93.5 Å². The van der Waals surface area contributed by atoms with Gasteiger partial charge in [0.15, 0.2) is 0 Å². The smallest absolute Gasteiger partial charge is 0.293 e. The van der Waals surface area contributed by atoms with E-state index >= 15 is 0 Å². The number of halogens is 1. The van der Waals surface area contributed by atoms with Crippen LogP contribution in [0.15, 0.2) is 36.4 Å². The van der Waals surface area contributed by atoms with Crippen LogP contribution in [0.5, 0.6) is 5.75 Å². The number of carbonyl (C=O) groups excluding carboxylic acids is 1. The lowest BCUT2D eigenvalue weighted by Gasteiger charge is -2.10. The molecule has 0 aliphatic heterocycles. The Hall–Kier alpha value is -2.80. The van der Waals surface area contributed by atoms with E-state index in [0.717, 1.165) is 5.56 Å². The molecule has 0 aliphatic carbocycles. The molecule has 0 aliphatic rings. The normalized spacial score (nSPS) is 10.1. The molecule has 0 atom stereocenters. The molecule has 7 nitrogen and oxygen atoms in total. The molecule has 2 N–H and O–H groups in total. The number of benzene rings is 2. The first-order chi connectivity index (χ1) is 11.4. The van der Waals surface area contributed by atoms with Crippen molar-refractivity contribution >= 4 is 34.6 Å². The number of hydrogen-bond acceptors (Lipinski definition) is 5. The van der Waals surface area contributed by atoms with E-state index in [1.165, 1.54) is 19.2 Å². The van der Waals surface area contributed by atoms with Crippen LogP contribution in [0.4, 0.5) is 17.1 Å². The zero-order valence-electron chi connectivity index (χ0n) is 13.1. The molecular formula is C16H16ClN3O4. The van der Waals surface area contributed by atoms with Crippen molar-refractivity contribution < 1.29 is 14.5 Å². The number of methoxy groups -OCH3 is 1. The molecular weight excluding hydrogens is 334 g/mol. The van der Waals surface area contributed by atoms with Crippen LogP contribution in [0, 0.1) is 17.0 Å². The number of carbonyl (C=O) groups is 1. The average Bonchev–Trinajstić information content (AvgIpc) is 2.54. The number of rotatable bonds is 6. The van der Waals surface area contributed by atoms with Gasteiger partial charge < -0.3 is 15.4 Å². The molecule has 0 saturated heterocycles. The van der Waals surface area contributed by atoms with E-state index in [4.69, 9.17) is 16.3 Å². The van der Waals surface area contributed by atoms with Gasteiger partial charge in [0.1, 0.15) is 11.4 Å². The maximum atomic E-state index is 12.0. The third kappa shape index (κ3) is 4.36. The molecule has 0 bridgehead atoms. The molecule has 8 heteroatoms. The van der Waals surface area contributed by atoms with Crippen molar-refractivity contribution in [2.45, 2.75) is 6.92 Å². The Morgan fingerprint density at radius 1 is 1.29 bits per heavy atom. The molecule has 0 fully saturated rings. The van der Waals surface area contributed by atoms with Gasteiger partial charge in [-0.25, -0.2) is 0 Å². The summed E-state index contributed by atoms with van der Waals surface area (Å²) >= 11 is 6.00. The van der Waals surface area contributed by atoms with Crippen LogP contribution in [0.2, 0.25) is 5.02 Å². The van der Waals surface area contributed by atoms with Crippen LogP contribution in [-0.4, -0.2) is 24.5 Å². The van der Waals surface area contributed by atoms with Gasteiger partial charge in [0.05, 0.1) is 23.6 Å². The predicted molar refractivity (Wildman–Crippen MR) is 93.0 cm³/mol.